The van der Waals surface area contributed by atoms with Crippen molar-refractivity contribution in [1.29, 1.82) is 0 Å². The second kappa shape index (κ2) is 11.1. The lowest BCUT2D eigenvalue weighted by Crippen LogP contribution is -2.39. The molecule has 1 fully saturated rings. The van der Waals surface area contributed by atoms with Gasteiger partial charge in [-0.2, -0.15) is 0 Å². The number of anilines is 1. The first-order valence-corrected chi connectivity index (χ1v) is 16.5. The summed E-state index contributed by atoms with van der Waals surface area (Å²) < 4.78 is 35.3. The first-order valence-electron chi connectivity index (χ1n) is 11.9. The van der Waals surface area contributed by atoms with Gasteiger partial charge in [0.1, 0.15) is 9.22 Å². The number of nitrogens with one attached hydrogen (secondary N) is 1. The van der Waals surface area contributed by atoms with Gasteiger partial charge in [0, 0.05) is 40.6 Å². The molecule has 0 bridgehead atoms. The summed E-state index contributed by atoms with van der Waals surface area (Å²) in [5, 5.41) is 3.67. The van der Waals surface area contributed by atoms with Gasteiger partial charge < -0.3 is 9.72 Å². The number of ether oxygens (including phenoxy) is 1. The molecule has 2 atom stereocenters. The van der Waals surface area contributed by atoms with Gasteiger partial charge in [0.15, 0.2) is 0 Å². The number of sulfonamides is 1. The zero-order valence-electron chi connectivity index (χ0n) is 20.2. The van der Waals surface area contributed by atoms with Crippen molar-refractivity contribution in [1.82, 2.24) is 14.9 Å². The third-order valence-electron chi connectivity index (χ3n) is 6.50. The van der Waals surface area contributed by atoms with E-state index in [9.17, 15) is 8.42 Å². The summed E-state index contributed by atoms with van der Waals surface area (Å²) in [5.41, 5.74) is 2.37. The molecular formula is C25H29IN4O3S3. The van der Waals surface area contributed by atoms with Gasteiger partial charge in [0.05, 0.1) is 29.5 Å². The van der Waals surface area contributed by atoms with Gasteiger partial charge in [-0.1, -0.05) is 40.8 Å². The van der Waals surface area contributed by atoms with E-state index >= 15 is 0 Å². The lowest BCUT2D eigenvalue weighted by Gasteiger charge is -2.29. The van der Waals surface area contributed by atoms with Gasteiger partial charge in [-0.05, 0) is 49.9 Å². The Hall–Kier alpha value is -1.51. The van der Waals surface area contributed by atoms with Crippen molar-refractivity contribution in [3.05, 3.63) is 52.9 Å². The van der Waals surface area contributed by atoms with E-state index in [1.165, 1.54) is 29.1 Å². The Balaban J connectivity index is 1.48. The molecule has 192 valence electrons. The SMILES string of the molecule is COC[C@@H]1CCCN1Cc1cnc(-c2cc3cccc(N(C(C)CI)S(=O)(=O)c4cccs4)c3[nH]2)s1. The molecule has 0 saturated carbocycles. The van der Waals surface area contributed by atoms with Crippen LogP contribution in [0, 0.1) is 0 Å². The number of nitrogens with zero attached hydrogens (tertiary/aromatic N) is 3. The summed E-state index contributed by atoms with van der Waals surface area (Å²) in [7, 11) is -1.93. The Labute approximate surface area is 233 Å². The average molecular weight is 657 g/mol. The highest BCUT2D eigenvalue weighted by atomic mass is 127. The number of alkyl halides is 1. The van der Waals surface area contributed by atoms with E-state index in [-0.39, 0.29) is 6.04 Å². The maximum absolute atomic E-state index is 13.7. The number of thiophene rings is 1. The number of halogens is 1. The van der Waals surface area contributed by atoms with Gasteiger partial charge in [-0.3, -0.25) is 9.21 Å². The largest absolute Gasteiger partial charge is 0.383 e. The van der Waals surface area contributed by atoms with E-state index < -0.39 is 10.0 Å². The van der Waals surface area contributed by atoms with E-state index in [0.717, 1.165) is 41.3 Å². The number of fused-ring (bicyclic) bond motifs is 1. The van der Waals surface area contributed by atoms with Crippen LogP contribution in [0.4, 0.5) is 5.69 Å². The van der Waals surface area contributed by atoms with E-state index in [1.54, 1.807) is 40.3 Å². The second-order valence-corrected chi connectivity index (χ2v) is 14.0. The van der Waals surface area contributed by atoms with Crippen molar-refractivity contribution in [2.24, 2.45) is 0 Å². The molecule has 1 N–H and O–H groups in total. The van der Waals surface area contributed by atoms with Crippen LogP contribution in [0.15, 0.2) is 52.2 Å². The van der Waals surface area contributed by atoms with E-state index in [1.807, 2.05) is 31.3 Å². The van der Waals surface area contributed by atoms with E-state index in [2.05, 4.69) is 38.5 Å². The van der Waals surface area contributed by atoms with Crippen molar-refractivity contribution in [3.63, 3.8) is 0 Å². The molecular weight excluding hydrogens is 627 g/mol. The normalized spacial score (nSPS) is 17.7. The highest BCUT2D eigenvalue weighted by Crippen LogP contribution is 2.37. The summed E-state index contributed by atoms with van der Waals surface area (Å²) in [6, 6.07) is 11.6. The van der Waals surface area contributed by atoms with Gasteiger partial charge in [0.2, 0.25) is 0 Å². The molecule has 1 saturated heterocycles. The molecule has 5 rings (SSSR count). The Morgan fingerprint density at radius 1 is 1.33 bits per heavy atom. The van der Waals surface area contributed by atoms with Crippen molar-refractivity contribution in [2.45, 2.75) is 42.6 Å². The van der Waals surface area contributed by atoms with Crippen molar-refractivity contribution >= 4 is 71.9 Å². The lowest BCUT2D eigenvalue weighted by atomic mass is 10.2. The summed E-state index contributed by atoms with van der Waals surface area (Å²) in [4.78, 5) is 11.9. The van der Waals surface area contributed by atoms with Crippen molar-refractivity contribution < 1.29 is 13.2 Å². The number of hydrogen-bond donors (Lipinski definition) is 1. The fourth-order valence-corrected chi connectivity index (χ4v) is 9.12. The molecule has 1 aromatic carbocycles. The minimum atomic E-state index is -3.69. The van der Waals surface area contributed by atoms with Crippen LogP contribution >= 0.6 is 45.3 Å². The molecule has 0 spiro atoms. The summed E-state index contributed by atoms with van der Waals surface area (Å²) in [6.45, 7) is 4.66. The number of aromatic nitrogens is 2. The molecule has 4 heterocycles. The second-order valence-electron chi connectivity index (χ2n) is 9.01. The Morgan fingerprint density at radius 2 is 2.19 bits per heavy atom. The van der Waals surface area contributed by atoms with Gasteiger partial charge >= 0.3 is 0 Å². The number of likely N-dealkylation sites (tertiary alicyclic amines) is 1. The zero-order chi connectivity index (χ0) is 25.3. The van der Waals surface area contributed by atoms with Crippen molar-refractivity contribution in [3.8, 4) is 10.7 Å². The highest BCUT2D eigenvalue weighted by Gasteiger charge is 2.31. The summed E-state index contributed by atoms with van der Waals surface area (Å²) in [6.07, 6.45) is 4.33. The van der Waals surface area contributed by atoms with Gasteiger partial charge in [-0.15, -0.1) is 22.7 Å². The third kappa shape index (κ3) is 5.10. The molecule has 1 aliphatic heterocycles. The molecule has 4 aromatic rings. The minimum absolute atomic E-state index is 0.206. The van der Waals surface area contributed by atoms with Gasteiger partial charge in [0.25, 0.3) is 10.0 Å². The standard InChI is InChI=1S/C25H29IN4O3S3/c1-17(13-26)30(36(31,32)23-9-5-11-34-23)22-8-3-6-18-12-21(28-24(18)22)25-27-14-20(35-25)15-29-10-4-7-19(29)16-33-2/h3,5-6,8-9,11-12,14,17,19,28H,4,7,10,13,15-16H2,1-2H3/t17?,19-/m0/s1. The molecule has 0 aliphatic carbocycles. The number of thiazole rings is 1. The molecule has 3 aromatic heterocycles. The molecule has 1 unspecified atom stereocenters. The predicted molar refractivity (Wildman–Crippen MR) is 157 cm³/mol. The molecule has 0 radical (unpaired) electrons. The number of H-pyrrole nitrogens is 1. The number of para-hydroxylation sites is 1. The maximum Gasteiger partial charge on any atom is 0.274 e. The number of hydrogen-bond acceptors (Lipinski definition) is 7. The number of methoxy groups -OCH3 is 1. The van der Waals surface area contributed by atoms with Crippen molar-refractivity contribution in [2.75, 3.05) is 29.0 Å². The number of aromatic amines is 1. The van der Waals surface area contributed by atoms with Crippen LogP contribution in [0.5, 0.6) is 0 Å². The molecule has 36 heavy (non-hydrogen) atoms. The number of benzene rings is 1. The zero-order valence-corrected chi connectivity index (χ0v) is 24.8. The molecule has 1 aliphatic rings. The Morgan fingerprint density at radius 3 is 2.94 bits per heavy atom. The Bertz CT molecular complexity index is 1420. The van der Waals surface area contributed by atoms with Crippen LogP contribution in [0.25, 0.3) is 21.6 Å². The lowest BCUT2D eigenvalue weighted by molar-refractivity contribution is 0.112. The smallest absolute Gasteiger partial charge is 0.274 e. The summed E-state index contributed by atoms with van der Waals surface area (Å²) in [5.74, 6) is 0. The molecule has 11 heteroatoms. The summed E-state index contributed by atoms with van der Waals surface area (Å²) >= 11 is 5.17. The van der Waals surface area contributed by atoms with Crippen LogP contribution < -0.4 is 4.31 Å². The monoisotopic (exact) mass is 656 g/mol. The van der Waals surface area contributed by atoms with E-state index in [4.69, 9.17) is 9.72 Å². The van der Waals surface area contributed by atoms with Crippen LogP contribution in [0.3, 0.4) is 0 Å². The van der Waals surface area contributed by atoms with E-state index in [0.29, 0.717) is 20.4 Å². The van der Waals surface area contributed by atoms with Crippen LogP contribution in [0.1, 0.15) is 24.6 Å². The van der Waals surface area contributed by atoms with Gasteiger partial charge in [-0.25, -0.2) is 13.4 Å². The number of rotatable bonds is 10. The third-order valence-corrected chi connectivity index (χ3v) is 12.1. The molecule has 0 amide bonds. The highest BCUT2D eigenvalue weighted by molar-refractivity contribution is 14.1. The molecule has 7 nitrogen and oxygen atoms in total. The van der Waals surface area contributed by atoms with Crippen LogP contribution in [-0.4, -0.2) is 60.1 Å². The fourth-order valence-electron chi connectivity index (χ4n) is 4.80. The topological polar surface area (TPSA) is 78.5 Å². The minimum Gasteiger partial charge on any atom is -0.383 e. The first kappa shape index (κ1) is 26.1. The predicted octanol–water partition coefficient (Wildman–Crippen LogP) is 5.98. The first-order chi connectivity index (χ1) is 17.4. The quantitative estimate of drug-likeness (QED) is 0.168. The maximum atomic E-state index is 13.7. The van der Waals surface area contributed by atoms with Crippen LogP contribution in [0.2, 0.25) is 0 Å². The fraction of sp³-hybridized carbons (Fsp3) is 0.400. The Kier molecular flexibility index (Phi) is 8.04. The average Bonchev–Trinajstić information content (AvgIpc) is 3.66. The van der Waals surface area contributed by atoms with Crippen LogP contribution in [-0.2, 0) is 21.3 Å².